The van der Waals surface area contributed by atoms with Gasteiger partial charge in [-0.2, -0.15) is 0 Å². The van der Waals surface area contributed by atoms with Gasteiger partial charge in [0, 0.05) is 0 Å². The highest BCUT2D eigenvalue weighted by Gasteiger charge is 2.56. The summed E-state index contributed by atoms with van der Waals surface area (Å²) in [6.07, 6.45) is 15.4. The zero-order valence-corrected chi connectivity index (χ0v) is 21.6. The Morgan fingerprint density at radius 3 is 2.41 bits per heavy atom. The summed E-state index contributed by atoms with van der Waals surface area (Å²) in [6, 6.07) is 0. The Kier molecular flexibility index (Phi) is 7.95. The molecule has 4 saturated carbocycles. The topological polar surface area (TPSA) is 35.5 Å². The average molecular weight is 447 g/mol. The first-order valence-corrected chi connectivity index (χ1v) is 14.2. The molecule has 0 aliphatic heterocycles. The highest BCUT2D eigenvalue weighted by atomic mass is 16.6. The van der Waals surface area contributed by atoms with Crippen LogP contribution in [0, 0.1) is 46.8 Å². The molecule has 32 heavy (non-hydrogen) atoms. The van der Waals surface area contributed by atoms with Crippen LogP contribution in [0.15, 0.2) is 0 Å². The highest BCUT2D eigenvalue weighted by Crippen LogP contribution is 2.61. The van der Waals surface area contributed by atoms with Crippen LogP contribution in [0.25, 0.3) is 0 Å². The van der Waals surface area contributed by atoms with E-state index in [9.17, 15) is 4.79 Å². The summed E-state index contributed by atoms with van der Waals surface area (Å²) >= 11 is 0. The Morgan fingerprint density at radius 1 is 0.906 bits per heavy atom. The van der Waals surface area contributed by atoms with E-state index in [1.165, 1.54) is 64.2 Å². The van der Waals surface area contributed by atoms with Crippen LogP contribution in [0.1, 0.15) is 112 Å². The molecule has 0 bridgehead atoms. The fourth-order valence-electron chi connectivity index (χ4n) is 8.51. The van der Waals surface area contributed by atoms with Crippen LogP contribution in [0.4, 0.5) is 0 Å². The van der Waals surface area contributed by atoms with Gasteiger partial charge in [-0.25, -0.2) is 4.79 Å². The molecule has 3 nitrogen and oxygen atoms in total. The van der Waals surface area contributed by atoms with Crippen LogP contribution in [-0.2, 0) is 14.3 Å². The third-order valence-electron chi connectivity index (χ3n) is 10.4. The van der Waals surface area contributed by atoms with Gasteiger partial charge in [0.25, 0.3) is 0 Å². The van der Waals surface area contributed by atoms with Gasteiger partial charge < -0.3 is 9.47 Å². The maximum absolute atomic E-state index is 12.6. The molecule has 0 aromatic rings. The Morgan fingerprint density at radius 2 is 1.66 bits per heavy atom. The second kappa shape index (κ2) is 10.4. The quantitative estimate of drug-likeness (QED) is 0.346. The summed E-state index contributed by atoms with van der Waals surface area (Å²) < 4.78 is 12.3. The van der Waals surface area contributed by atoms with Gasteiger partial charge >= 0.3 is 5.97 Å². The monoisotopic (exact) mass is 446 g/mol. The first-order valence-electron chi connectivity index (χ1n) is 14.2. The third kappa shape index (κ3) is 5.08. The molecular formula is C29H50O3. The van der Waals surface area contributed by atoms with Gasteiger partial charge in [0.1, 0.15) is 12.7 Å². The van der Waals surface area contributed by atoms with Gasteiger partial charge in [0.05, 0.1) is 6.10 Å². The van der Waals surface area contributed by atoms with Crippen molar-refractivity contribution in [3.63, 3.8) is 0 Å². The minimum absolute atomic E-state index is 0.116. The van der Waals surface area contributed by atoms with E-state index < -0.39 is 0 Å². The maximum Gasteiger partial charge on any atom is 0.332 e. The molecule has 0 saturated heterocycles. The predicted molar refractivity (Wildman–Crippen MR) is 130 cm³/mol. The van der Waals surface area contributed by atoms with Crippen molar-refractivity contribution in [2.24, 2.45) is 46.8 Å². The number of rotatable bonds is 9. The lowest BCUT2D eigenvalue weighted by Gasteiger charge is -2.46. The van der Waals surface area contributed by atoms with Gasteiger partial charge in [-0.05, 0) is 105 Å². The van der Waals surface area contributed by atoms with E-state index in [1.807, 2.05) is 0 Å². The Hall–Kier alpha value is -0.570. The first-order chi connectivity index (χ1) is 15.3. The standard InChI is InChI=1S/C29H50O3/c1-6-10-20-11-8-14-25(20)32-27(30)18-31-26-16-15-21-19(3)24(17-29(4,5)7-2)22-12-9-13-23(26)28(21)22/h19-26,28H,6-18H2,1-5H3/t19?,20?,21?,22-,23?,24?,25?,26?,28?/m0/s1. The van der Waals surface area contributed by atoms with Crippen molar-refractivity contribution in [3.8, 4) is 0 Å². The molecule has 0 aromatic carbocycles. The lowest BCUT2D eigenvalue weighted by Crippen LogP contribution is -2.43. The maximum atomic E-state index is 12.6. The lowest BCUT2D eigenvalue weighted by atomic mass is 9.62. The summed E-state index contributed by atoms with van der Waals surface area (Å²) in [6.45, 7) is 12.2. The molecule has 0 aromatic heterocycles. The van der Waals surface area contributed by atoms with Crippen LogP contribution in [0.2, 0.25) is 0 Å². The minimum Gasteiger partial charge on any atom is -0.460 e. The molecule has 0 radical (unpaired) electrons. The normalized spacial score (nSPS) is 41.5. The molecule has 0 spiro atoms. The molecule has 0 heterocycles. The van der Waals surface area contributed by atoms with E-state index in [-0.39, 0.29) is 24.8 Å². The Labute approximate surface area is 197 Å². The van der Waals surface area contributed by atoms with E-state index >= 15 is 0 Å². The number of hydrogen-bond donors (Lipinski definition) is 0. The van der Waals surface area contributed by atoms with Gasteiger partial charge in [-0.3, -0.25) is 0 Å². The van der Waals surface area contributed by atoms with Gasteiger partial charge in [-0.15, -0.1) is 0 Å². The molecule has 4 fully saturated rings. The smallest absolute Gasteiger partial charge is 0.332 e. The molecule has 3 heteroatoms. The van der Waals surface area contributed by atoms with Crippen molar-refractivity contribution in [2.45, 2.75) is 124 Å². The lowest BCUT2D eigenvalue weighted by molar-refractivity contribution is -0.162. The van der Waals surface area contributed by atoms with Crippen molar-refractivity contribution in [3.05, 3.63) is 0 Å². The summed E-state index contributed by atoms with van der Waals surface area (Å²) in [5, 5.41) is 0. The first kappa shape index (κ1) is 24.6. The Balaban J connectivity index is 1.34. The van der Waals surface area contributed by atoms with Crippen molar-refractivity contribution in [1.29, 1.82) is 0 Å². The summed E-state index contributed by atoms with van der Waals surface area (Å²) in [7, 11) is 0. The number of carbonyl (C=O) groups excluding carboxylic acids is 1. The fraction of sp³-hybridized carbons (Fsp3) is 0.966. The predicted octanol–water partition coefficient (Wildman–Crippen LogP) is 7.42. The molecule has 8 unspecified atom stereocenters. The van der Waals surface area contributed by atoms with Crippen molar-refractivity contribution >= 4 is 5.97 Å². The van der Waals surface area contributed by atoms with Crippen molar-refractivity contribution in [1.82, 2.24) is 0 Å². The van der Waals surface area contributed by atoms with Crippen LogP contribution in [-0.4, -0.2) is 24.8 Å². The number of hydrogen-bond acceptors (Lipinski definition) is 3. The van der Waals surface area contributed by atoms with E-state index in [0.717, 1.165) is 42.4 Å². The number of ether oxygens (including phenoxy) is 2. The molecule has 4 aliphatic rings. The van der Waals surface area contributed by atoms with Crippen LogP contribution < -0.4 is 0 Å². The number of esters is 1. The Bertz CT molecular complexity index is 628. The van der Waals surface area contributed by atoms with Crippen molar-refractivity contribution in [2.75, 3.05) is 6.61 Å². The summed E-state index contributed by atoms with van der Waals surface area (Å²) in [5.41, 5.74) is 0.453. The molecule has 0 N–H and O–H groups in total. The van der Waals surface area contributed by atoms with Gasteiger partial charge in [-0.1, -0.05) is 53.9 Å². The SMILES string of the molecule is CCCC1CCCC1OC(=O)COC1CCC2C(C)C(CC(C)(C)CC)[C@@H]3CCCC1C23. The third-order valence-corrected chi connectivity index (χ3v) is 10.4. The summed E-state index contributed by atoms with van der Waals surface area (Å²) in [5.74, 6) is 5.43. The van der Waals surface area contributed by atoms with E-state index in [0.29, 0.717) is 17.3 Å². The zero-order chi connectivity index (χ0) is 22.9. The number of carbonyl (C=O) groups is 1. The minimum atomic E-state index is -0.116. The van der Waals surface area contributed by atoms with Gasteiger partial charge in [0.15, 0.2) is 0 Å². The molecule has 0 amide bonds. The molecular weight excluding hydrogens is 396 g/mol. The second-order valence-electron chi connectivity index (χ2n) is 12.7. The average Bonchev–Trinajstić information content (AvgIpc) is 3.32. The zero-order valence-electron chi connectivity index (χ0n) is 21.6. The molecule has 9 atom stereocenters. The fourth-order valence-corrected chi connectivity index (χ4v) is 8.51. The summed E-state index contributed by atoms with van der Waals surface area (Å²) in [4.78, 5) is 12.6. The van der Waals surface area contributed by atoms with Crippen LogP contribution in [0.3, 0.4) is 0 Å². The molecule has 4 rings (SSSR count). The van der Waals surface area contributed by atoms with Crippen LogP contribution in [0.5, 0.6) is 0 Å². The van der Waals surface area contributed by atoms with E-state index in [1.54, 1.807) is 0 Å². The van der Waals surface area contributed by atoms with E-state index in [4.69, 9.17) is 9.47 Å². The van der Waals surface area contributed by atoms with Crippen molar-refractivity contribution < 1.29 is 14.3 Å². The molecule has 184 valence electrons. The second-order valence-corrected chi connectivity index (χ2v) is 12.7. The van der Waals surface area contributed by atoms with Gasteiger partial charge in [0.2, 0.25) is 0 Å². The molecule has 4 aliphatic carbocycles. The van der Waals surface area contributed by atoms with E-state index in [2.05, 4.69) is 34.6 Å². The largest absolute Gasteiger partial charge is 0.460 e. The highest BCUT2D eigenvalue weighted by molar-refractivity contribution is 5.71. The van der Waals surface area contributed by atoms with Crippen LogP contribution >= 0.6 is 0 Å².